The van der Waals surface area contributed by atoms with E-state index >= 15 is 0 Å². The molecule has 1 aliphatic carbocycles. The first-order valence-electron chi connectivity index (χ1n) is 6.80. The third kappa shape index (κ3) is 2.57. The molecule has 0 bridgehead atoms. The van der Waals surface area contributed by atoms with Crippen LogP contribution in [0.25, 0.3) is 0 Å². The average molecular weight is 255 g/mol. The van der Waals surface area contributed by atoms with Crippen LogP contribution in [-0.2, 0) is 14.3 Å². The van der Waals surface area contributed by atoms with Crippen molar-refractivity contribution in [2.75, 3.05) is 6.61 Å². The van der Waals surface area contributed by atoms with Crippen molar-refractivity contribution >= 4 is 11.8 Å². The van der Waals surface area contributed by atoms with Crippen LogP contribution in [0.15, 0.2) is 0 Å². The van der Waals surface area contributed by atoms with E-state index in [2.05, 4.69) is 0 Å². The van der Waals surface area contributed by atoms with Crippen LogP contribution < -0.4 is 0 Å². The lowest BCUT2D eigenvalue weighted by Crippen LogP contribution is -2.50. The summed E-state index contributed by atoms with van der Waals surface area (Å²) < 4.78 is 5.76. The van der Waals surface area contributed by atoms with Crippen LogP contribution in [0.2, 0.25) is 0 Å². The summed E-state index contributed by atoms with van der Waals surface area (Å²) in [5.74, 6) is -0.707. The Morgan fingerprint density at radius 1 is 1.33 bits per heavy atom. The first-order valence-corrected chi connectivity index (χ1v) is 6.80. The maximum Gasteiger partial charge on any atom is 0.258 e. The van der Waals surface area contributed by atoms with Crippen LogP contribution in [0.1, 0.15) is 45.4 Å². The molecule has 0 aromatic rings. The van der Waals surface area contributed by atoms with Gasteiger partial charge in [-0.3, -0.25) is 14.5 Å². The molecule has 2 aliphatic rings. The van der Waals surface area contributed by atoms with E-state index in [0.717, 1.165) is 32.1 Å². The summed E-state index contributed by atoms with van der Waals surface area (Å²) in [4.78, 5) is 24.9. The molecular weight excluding hydrogens is 234 g/mol. The van der Waals surface area contributed by atoms with Gasteiger partial charge in [0.05, 0.1) is 18.6 Å². The van der Waals surface area contributed by atoms with Gasteiger partial charge in [0, 0.05) is 6.61 Å². The van der Waals surface area contributed by atoms with Crippen molar-refractivity contribution in [3.8, 4) is 0 Å². The van der Waals surface area contributed by atoms with Crippen LogP contribution in [0, 0.1) is 0 Å². The average Bonchev–Trinajstić information content (AvgIpc) is 2.61. The van der Waals surface area contributed by atoms with Gasteiger partial charge in [0.25, 0.3) is 5.91 Å². The van der Waals surface area contributed by atoms with Crippen molar-refractivity contribution in [1.29, 1.82) is 0 Å². The fraction of sp³-hybridized carbons (Fsp3) is 0.846. The fourth-order valence-electron chi connectivity index (χ4n) is 2.82. The highest BCUT2D eigenvalue weighted by Crippen LogP contribution is 2.29. The van der Waals surface area contributed by atoms with Crippen LogP contribution >= 0.6 is 0 Å². The normalized spacial score (nSPS) is 33.2. The standard InChI is InChI=1S/C13H21NO4/c1-2-7-18-11-6-4-3-5-9(11)14-12(16)8-10(15)13(14)17/h9-11,15H,2-8H2,1H3/t9-,10-,11-/m1/s1. The predicted molar refractivity (Wildman–Crippen MR) is 64.8 cm³/mol. The highest BCUT2D eigenvalue weighted by molar-refractivity contribution is 6.05. The van der Waals surface area contributed by atoms with E-state index in [1.54, 1.807) is 0 Å². The number of carbonyl (C=O) groups is 2. The highest BCUT2D eigenvalue weighted by Gasteiger charge is 2.44. The van der Waals surface area contributed by atoms with Gasteiger partial charge in [-0.05, 0) is 19.3 Å². The number of amides is 2. The molecular formula is C13H21NO4. The molecule has 0 aromatic carbocycles. The second kappa shape index (κ2) is 5.80. The Morgan fingerprint density at radius 2 is 2.06 bits per heavy atom. The summed E-state index contributed by atoms with van der Waals surface area (Å²) >= 11 is 0. The van der Waals surface area contributed by atoms with Crippen LogP contribution in [0.4, 0.5) is 0 Å². The number of hydrogen-bond acceptors (Lipinski definition) is 4. The predicted octanol–water partition coefficient (Wildman–Crippen LogP) is 0.844. The molecule has 0 unspecified atom stereocenters. The van der Waals surface area contributed by atoms with Gasteiger partial charge in [0.2, 0.25) is 5.91 Å². The molecule has 102 valence electrons. The summed E-state index contributed by atoms with van der Waals surface area (Å²) in [6.45, 7) is 2.69. The lowest BCUT2D eigenvalue weighted by atomic mass is 9.91. The SMILES string of the molecule is CCCO[C@@H]1CCCC[C@H]1N1C(=O)C[C@@H](O)C1=O. The van der Waals surface area contributed by atoms with E-state index in [9.17, 15) is 14.7 Å². The van der Waals surface area contributed by atoms with E-state index < -0.39 is 12.0 Å². The number of ether oxygens (including phenoxy) is 1. The Morgan fingerprint density at radius 3 is 2.67 bits per heavy atom. The topological polar surface area (TPSA) is 66.8 Å². The molecule has 2 rings (SSSR count). The Labute approximate surface area is 107 Å². The van der Waals surface area contributed by atoms with Gasteiger partial charge >= 0.3 is 0 Å². The quantitative estimate of drug-likeness (QED) is 0.756. The molecule has 18 heavy (non-hydrogen) atoms. The Kier molecular flexibility index (Phi) is 4.35. The number of imide groups is 1. The maximum atomic E-state index is 11.8. The lowest BCUT2D eigenvalue weighted by Gasteiger charge is -2.36. The fourth-order valence-corrected chi connectivity index (χ4v) is 2.82. The lowest BCUT2D eigenvalue weighted by molar-refractivity contribution is -0.149. The minimum absolute atomic E-state index is 0.0584. The molecule has 1 aliphatic heterocycles. The van der Waals surface area contributed by atoms with Gasteiger partial charge in [0.15, 0.2) is 0 Å². The third-order valence-electron chi connectivity index (χ3n) is 3.69. The molecule has 1 N–H and O–H groups in total. The van der Waals surface area contributed by atoms with Gasteiger partial charge in [-0.15, -0.1) is 0 Å². The summed E-state index contributed by atoms with van der Waals surface area (Å²) in [5, 5.41) is 9.48. The molecule has 0 radical (unpaired) electrons. The van der Waals surface area contributed by atoms with E-state index in [1.807, 2.05) is 6.92 Å². The van der Waals surface area contributed by atoms with E-state index in [4.69, 9.17) is 4.74 Å². The number of aliphatic hydroxyl groups excluding tert-OH is 1. The monoisotopic (exact) mass is 255 g/mol. The van der Waals surface area contributed by atoms with Crippen molar-refractivity contribution in [2.24, 2.45) is 0 Å². The molecule has 2 amide bonds. The second-order valence-corrected chi connectivity index (χ2v) is 5.08. The number of likely N-dealkylation sites (tertiary alicyclic amines) is 1. The molecule has 1 heterocycles. The Bertz CT molecular complexity index is 331. The number of carbonyl (C=O) groups excluding carboxylic acids is 2. The van der Waals surface area contributed by atoms with Crippen LogP contribution in [-0.4, -0.2) is 46.7 Å². The summed E-state index contributed by atoms with van der Waals surface area (Å²) in [7, 11) is 0. The van der Waals surface area contributed by atoms with Crippen molar-refractivity contribution in [3.63, 3.8) is 0 Å². The second-order valence-electron chi connectivity index (χ2n) is 5.08. The van der Waals surface area contributed by atoms with E-state index in [0.29, 0.717) is 6.61 Å². The van der Waals surface area contributed by atoms with Crippen molar-refractivity contribution in [2.45, 2.75) is 63.7 Å². The summed E-state index contributed by atoms with van der Waals surface area (Å²) in [6.07, 6.45) is 3.40. The molecule has 1 saturated heterocycles. The van der Waals surface area contributed by atoms with E-state index in [-0.39, 0.29) is 24.5 Å². The first kappa shape index (κ1) is 13.5. The number of aliphatic hydroxyl groups is 1. The minimum atomic E-state index is -1.15. The number of nitrogens with zero attached hydrogens (tertiary/aromatic N) is 1. The summed E-state index contributed by atoms with van der Waals surface area (Å²) in [6, 6.07) is -0.178. The zero-order valence-electron chi connectivity index (χ0n) is 10.8. The van der Waals surface area contributed by atoms with Crippen molar-refractivity contribution in [1.82, 2.24) is 4.90 Å². The van der Waals surface area contributed by atoms with Gasteiger partial charge in [-0.2, -0.15) is 0 Å². The maximum absolute atomic E-state index is 11.8. The first-order chi connectivity index (χ1) is 8.65. The third-order valence-corrected chi connectivity index (χ3v) is 3.69. The molecule has 2 fully saturated rings. The van der Waals surface area contributed by atoms with Gasteiger partial charge in [0.1, 0.15) is 6.10 Å². The Hall–Kier alpha value is -0.940. The summed E-state index contributed by atoms with van der Waals surface area (Å²) in [5.41, 5.74) is 0. The molecule has 5 nitrogen and oxygen atoms in total. The van der Waals surface area contributed by atoms with Gasteiger partial charge < -0.3 is 9.84 Å². The number of hydrogen-bond donors (Lipinski definition) is 1. The molecule has 0 spiro atoms. The van der Waals surface area contributed by atoms with Crippen LogP contribution in [0.5, 0.6) is 0 Å². The molecule has 3 atom stereocenters. The zero-order chi connectivity index (χ0) is 13.1. The van der Waals surface area contributed by atoms with E-state index in [1.165, 1.54) is 4.90 Å². The van der Waals surface area contributed by atoms with Crippen molar-refractivity contribution in [3.05, 3.63) is 0 Å². The Balaban J connectivity index is 2.08. The largest absolute Gasteiger partial charge is 0.383 e. The van der Waals surface area contributed by atoms with Gasteiger partial charge in [-0.1, -0.05) is 19.8 Å². The van der Waals surface area contributed by atoms with Crippen molar-refractivity contribution < 1.29 is 19.4 Å². The highest BCUT2D eigenvalue weighted by atomic mass is 16.5. The zero-order valence-corrected chi connectivity index (χ0v) is 10.8. The molecule has 5 heteroatoms. The number of rotatable bonds is 4. The molecule has 1 saturated carbocycles. The molecule has 0 aromatic heterocycles. The smallest absolute Gasteiger partial charge is 0.258 e. The van der Waals surface area contributed by atoms with Crippen LogP contribution in [0.3, 0.4) is 0 Å². The minimum Gasteiger partial charge on any atom is -0.383 e. The van der Waals surface area contributed by atoms with Gasteiger partial charge in [-0.25, -0.2) is 0 Å².